The summed E-state index contributed by atoms with van der Waals surface area (Å²) in [5.74, 6) is -0.710. The third-order valence-electron chi connectivity index (χ3n) is 5.83. The number of nitrogens with one attached hydrogen (secondary N) is 1. The molecule has 1 aliphatic rings. The zero-order chi connectivity index (χ0) is 24.4. The van der Waals surface area contributed by atoms with Crippen molar-refractivity contribution in [1.29, 1.82) is 0 Å². The summed E-state index contributed by atoms with van der Waals surface area (Å²) in [4.78, 5) is 25.5. The van der Waals surface area contributed by atoms with Gasteiger partial charge in [0.15, 0.2) is 0 Å². The van der Waals surface area contributed by atoms with Crippen LogP contribution in [0.15, 0.2) is 79.4 Å². The maximum atomic E-state index is 14.0. The first-order chi connectivity index (χ1) is 16.9. The molecule has 2 aromatic carbocycles. The van der Waals surface area contributed by atoms with Gasteiger partial charge in [0.2, 0.25) is 0 Å². The number of nitrogens with zero attached hydrogens (tertiary/aromatic N) is 4. The van der Waals surface area contributed by atoms with Crippen molar-refractivity contribution in [1.82, 2.24) is 15.0 Å². The van der Waals surface area contributed by atoms with Gasteiger partial charge in [-0.1, -0.05) is 12.1 Å². The summed E-state index contributed by atoms with van der Waals surface area (Å²) >= 11 is 0. The molecule has 2 aromatic heterocycles. The van der Waals surface area contributed by atoms with E-state index >= 15 is 0 Å². The number of carbonyl (C=O) groups is 1. The molecule has 2 heterocycles. The molecule has 35 heavy (non-hydrogen) atoms. The van der Waals surface area contributed by atoms with Crippen LogP contribution in [-0.2, 0) is 12.8 Å². The SMILES string of the molecule is O=C(c1cccc(Nc2ncccc2-c2ccncn2)c1)N(c1ccc2c(c1)CCC2)C(F)(F)F. The number of anilines is 3. The number of carbonyl (C=O) groups excluding carboxylic acids is 1. The van der Waals surface area contributed by atoms with Gasteiger partial charge in [-0.25, -0.2) is 19.9 Å². The van der Waals surface area contributed by atoms with Crippen LogP contribution in [-0.4, -0.2) is 27.2 Å². The van der Waals surface area contributed by atoms with E-state index in [1.54, 1.807) is 36.7 Å². The number of hydrogen-bond acceptors (Lipinski definition) is 5. The molecule has 5 rings (SSSR count). The standard InChI is InChI=1S/C26H20F3N5O/c27-26(28,29)34(21-10-9-17-4-1-5-18(17)15-21)25(35)19-6-2-7-20(14-19)33-24-22(8-3-12-31-24)23-11-13-30-16-32-23/h2-3,6-16H,1,4-5H2,(H,31,33). The van der Waals surface area contributed by atoms with E-state index in [2.05, 4.69) is 20.3 Å². The van der Waals surface area contributed by atoms with Crippen LogP contribution in [0.2, 0.25) is 0 Å². The molecule has 1 N–H and O–H groups in total. The highest BCUT2D eigenvalue weighted by Crippen LogP contribution is 2.34. The van der Waals surface area contributed by atoms with Crippen LogP contribution >= 0.6 is 0 Å². The van der Waals surface area contributed by atoms with Gasteiger partial charge in [-0.2, -0.15) is 0 Å². The maximum absolute atomic E-state index is 14.0. The molecule has 0 radical (unpaired) electrons. The number of benzene rings is 2. The van der Waals surface area contributed by atoms with Crippen molar-refractivity contribution in [3.63, 3.8) is 0 Å². The minimum Gasteiger partial charge on any atom is -0.340 e. The maximum Gasteiger partial charge on any atom is 0.491 e. The fraction of sp³-hybridized carbons (Fsp3) is 0.154. The number of aromatic nitrogens is 3. The minimum atomic E-state index is -4.88. The van der Waals surface area contributed by atoms with E-state index in [9.17, 15) is 18.0 Å². The summed E-state index contributed by atoms with van der Waals surface area (Å²) in [6, 6.07) is 15.7. The number of rotatable bonds is 5. The van der Waals surface area contributed by atoms with Gasteiger partial charge in [-0.15, -0.1) is 13.2 Å². The molecule has 1 aliphatic carbocycles. The molecule has 0 saturated heterocycles. The lowest BCUT2D eigenvalue weighted by Gasteiger charge is -2.26. The minimum absolute atomic E-state index is 0.0994. The van der Waals surface area contributed by atoms with Crippen molar-refractivity contribution in [2.24, 2.45) is 0 Å². The Kier molecular flexibility index (Phi) is 5.90. The third-order valence-corrected chi connectivity index (χ3v) is 5.83. The Morgan fingerprint density at radius 1 is 0.914 bits per heavy atom. The normalized spacial score (nSPS) is 12.8. The van der Waals surface area contributed by atoms with E-state index in [-0.39, 0.29) is 16.2 Å². The molecule has 0 atom stereocenters. The van der Waals surface area contributed by atoms with E-state index in [0.29, 0.717) is 29.2 Å². The summed E-state index contributed by atoms with van der Waals surface area (Å²) in [7, 11) is 0. The number of alkyl halides is 3. The first kappa shape index (κ1) is 22.5. The van der Waals surface area contributed by atoms with Crippen molar-refractivity contribution >= 4 is 23.1 Å². The number of halogens is 3. The van der Waals surface area contributed by atoms with Crippen molar-refractivity contribution < 1.29 is 18.0 Å². The van der Waals surface area contributed by atoms with Crippen LogP contribution in [0.1, 0.15) is 27.9 Å². The van der Waals surface area contributed by atoms with Crippen molar-refractivity contribution in [3.05, 3.63) is 96.1 Å². The predicted octanol–water partition coefficient (Wildman–Crippen LogP) is 5.94. The smallest absolute Gasteiger partial charge is 0.340 e. The Morgan fingerprint density at radius 3 is 2.57 bits per heavy atom. The van der Waals surface area contributed by atoms with Gasteiger partial charge in [0.25, 0.3) is 5.91 Å². The monoisotopic (exact) mass is 475 g/mol. The molecule has 1 amide bonds. The second-order valence-electron chi connectivity index (χ2n) is 8.11. The van der Waals surface area contributed by atoms with Gasteiger partial charge in [0.05, 0.1) is 11.4 Å². The molecule has 6 nitrogen and oxygen atoms in total. The van der Waals surface area contributed by atoms with Gasteiger partial charge in [-0.3, -0.25) is 4.79 Å². The summed E-state index contributed by atoms with van der Waals surface area (Å²) in [5.41, 5.74) is 3.33. The van der Waals surface area contributed by atoms with Gasteiger partial charge >= 0.3 is 6.30 Å². The molecule has 176 valence electrons. The van der Waals surface area contributed by atoms with Gasteiger partial charge in [0, 0.05) is 29.2 Å². The molecule has 0 fully saturated rings. The van der Waals surface area contributed by atoms with Crippen molar-refractivity contribution in [3.8, 4) is 11.3 Å². The molecule has 0 spiro atoms. The van der Waals surface area contributed by atoms with Crippen LogP contribution in [0.4, 0.5) is 30.4 Å². The fourth-order valence-electron chi connectivity index (χ4n) is 4.23. The zero-order valence-corrected chi connectivity index (χ0v) is 18.5. The van der Waals surface area contributed by atoms with E-state index in [4.69, 9.17) is 0 Å². The number of fused-ring (bicyclic) bond motifs is 1. The zero-order valence-electron chi connectivity index (χ0n) is 18.5. The molecule has 0 saturated carbocycles. The molecule has 0 unspecified atom stereocenters. The molecule has 4 aromatic rings. The van der Waals surface area contributed by atoms with Crippen LogP contribution in [0.25, 0.3) is 11.3 Å². The third kappa shape index (κ3) is 4.70. The second-order valence-corrected chi connectivity index (χ2v) is 8.11. The lowest BCUT2D eigenvalue weighted by molar-refractivity contribution is -0.122. The largest absolute Gasteiger partial charge is 0.491 e. The summed E-state index contributed by atoms with van der Waals surface area (Å²) < 4.78 is 42.1. The topological polar surface area (TPSA) is 71.0 Å². The highest BCUT2D eigenvalue weighted by Gasteiger charge is 2.43. The summed E-state index contributed by atoms with van der Waals surface area (Å²) in [6.07, 6.45) is 2.17. The van der Waals surface area contributed by atoms with Gasteiger partial charge < -0.3 is 5.32 Å². The highest BCUT2D eigenvalue weighted by atomic mass is 19.4. The van der Waals surface area contributed by atoms with E-state index < -0.39 is 12.2 Å². The van der Waals surface area contributed by atoms with Crippen LogP contribution < -0.4 is 10.2 Å². The van der Waals surface area contributed by atoms with E-state index in [0.717, 1.165) is 24.0 Å². The lowest BCUT2D eigenvalue weighted by atomic mass is 10.1. The van der Waals surface area contributed by atoms with Crippen LogP contribution in [0.5, 0.6) is 0 Å². The van der Waals surface area contributed by atoms with E-state index in [1.165, 1.54) is 36.7 Å². The van der Waals surface area contributed by atoms with Crippen LogP contribution in [0.3, 0.4) is 0 Å². The molecular formula is C26H20F3N5O. The van der Waals surface area contributed by atoms with E-state index in [1.807, 2.05) is 6.07 Å². The molecule has 0 bridgehead atoms. The Labute approximate surface area is 199 Å². The quantitative estimate of drug-likeness (QED) is 0.362. The number of amides is 1. The number of hydrogen-bond donors (Lipinski definition) is 1. The summed E-state index contributed by atoms with van der Waals surface area (Å²) in [6.45, 7) is 0. The average Bonchev–Trinajstić information content (AvgIpc) is 3.32. The van der Waals surface area contributed by atoms with Crippen molar-refractivity contribution in [2.45, 2.75) is 25.6 Å². The summed E-state index contributed by atoms with van der Waals surface area (Å²) in [5, 5.41) is 3.09. The lowest BCUT2D eigenvalue weighted by Crippen LogP contribution is -2.43. The second kappa shape index (κ2) is 9.17. The Morgan fingerprint density at radius 2 is 1.77 bits per heavy atom. The number of aryl methyl sites for hydroxylation is 2. The first-order valence-electron chi connectivity index (χ1n) is 11.0. The van der Waals surface area contributed by atoms with Gasteiger partial charge in [0.1, 0.15) is 12.1 Å². The highest BCUT2D eigenvalue weighted by molar-refractivity contribution is 6.07. The fourth-order valence-corrected chi connectivity index (χ4v) is 4.23. The Balaban J connectivity index is 1.46. The Bertz CT molecular complexity index is 1380. The molecule has 0 aliphatic heterocycles. The molecule has 9 heteroatoms. The average molecular weight is 475 g/mol. The number of pyridine rings is 1. The van der Waals surface area contributed by atoms with Crippen molar-refractivity contribution in [2.75, 3.05) is 10.2 Å². The van der Waals surface area contributed by atoms with Gasteiger partial charge in [-0.05, 0) is 78.9 Å². The predicted molar refractivity (Wildman–Crippen MR) is 126 cm³/mol. The molecular weight excluding hydrogens is 455 g/mol. The van der Waals surface area contributed by atoms with Crippen LogP contribution in [0, 0.1) is 0 Å². The first-order valence-corrected chi connectivity index (χ1v) is 11.0. The Hall–Kier alpha value is -4.27.